The minimum absolute atomic E-state index is 0.171. The number of halogens is 2. The fourth-order valence-corrected chi connectivity index (χ4v) is 3.32. The molecule has 14 nitrogen and oxygen atoms in total. The van der Waals surface area contributed by atoms with Crippen LogP contribution in [0.4, 0.5) is 0 Å². The molecular weight excluding hydrogens is 579 g/mol. The Morgan fingerprint density at radius 1 is 0.829 bits per heavy atom. The molecule has 0 radical (unpaired) electrons. The van der Waals surface area contributed by atoms with Gasteiger partial charge in [-0.05, 0) is 26.0 Å². The molecule has 4 aromatic heterocycles. The maximum Gasteiger partial charge on any atom is 0.332 e. The van der Waals surface area contributed by atoms with E-state index in [0.717, 1.165) is 6.08 Å². The molecule has 0 aliphatic rings. The molecule has 4 rings (SSSR count). The van der Waals surface area contributed by atoms with Gasteiger partial charge in [-0.25, -0.2) is 38.9 Å². The number of aromatic nitrogens is 8. The highest BCUT2D eigenvalue weighted by Gasteiger charge is 2.09. The van der Waals surface area contributed by atoms with Crippen molar-refractivity contribution in [2.24, 2.45) is 0 Å². The van der Waals surface area contributed by atoms with Crippen LogP contribution in [0.2, 0.25) is 10.3 Å². The molecule has 4 aromatic rings. The third-order valence-corrected chi connectivity index (χ3v) is 4.97. The van der Waals surface area contributed by atoms with Gasteiger partial charge in [-0.15, -0.1) is 10.2 Å². The Hall–Kier alpha value is -4.82. The van der Waals surface area contributed by atoms with Gasteiger partial charge in [-0.1, -0.05) is 23.2 Å². The smallest absolute Gasteiger partial charge is 0.332 e. The number of carboxylic acid groups (broad SMARTS) is 1. The third-order valence-electron chi connectivity index (χ3n) is 4.58. The molecule has 1 N–H and O–H groups in total. The molecule has 0 spiro atoms. The van der Waals surface area contributed by atoms with E-state index < -0.39 is 11.9 Å². The lowest BCUT2D eigenvalue weighted by Gasteiger charge is -2.03. The van der Waals surface area contributed by atoms with Crippen molar-refractivity contribution < 1.29 is 28.9 Å². The monoisotopic (exact) mass is 602 g/mol. The summed E-state index contributed by atoms with van der Waals surface area (Å²) in [5.41, 5.74) is 1.29. The Bertz CT molecular complexity index is 1570. The van der Waals surface area contributed by atoms with E-state index in [1.807, 2.05) is 0 Å². The molecule has 41 heavy (non-hydrogen) atoms. The quantitative estimate of drug-likeness (QED) is 0.166. The summed E-state index contributed by atoms with van der Waals surface area (Å²) in [4.78, 5) is 37.9. The van der Waals surface area contributed by atoms with Crippen LogP contribution in [0.1, 0.15) is 13.8 Å². The van der Waals surface area contributed by atoms with E-state index in [0.29, 0.717) is 34.5 Å². The summed E-state index contributed by atoms with van der Waals surface area (Å²) < 4.78 is 17.7. The first-order chi connectivity index (χ1) is 19.6. The van der Waals surface area contributed by atoms with E-state index in [1.165, 1.54) is 54.7 Å². The Labute approximate surface area is 243 Å². The van der Waals surface area contributed by atoms with Crippen LogP contribution in [0.15, 0.2) is 49.1 Å². The predicted octanol–water partition coefficient (Wildman–Crippen LogP) is 3.98. The van der Waals surface area contributed by atoms with Crippen LogP contribution in [-0.4, -0.2) is 76.9 Å². The maximum atomic E-state index is 11.4. The average Bonchev–Trinajstić information content (AvgIpc) is 3.60. The second kappa shape index (κ2) is 14.5. The van der Waals surface area contributed by atoms with Crippen LogP contribution in [0.3, 0.4) is 0 Å². The number of methoxy groups -OCH3 is 2. The zero-order valence-corrected chi connectivity index (χ0v) is 23.7. The number of rotatable bonds is 9. The van der Waals surface area contributed by atoms with Crippen molar-refractivity contribution in [3.63, 3.8) is 0 Å². The number of carbonyl (C=O) groups excluding carboxylic acids is 1. The number of carbonyl (C=O) groups is 2. The number of hydrogen-bond donors (Lipinski definition) is 1. The standard InChI is InChI=1S/C14H15ClN4O3.C11H9ClN4O3/c1-9(2)22-13(20)4-5-19-8-16-14(18-19)10-6-11(15)17-12(7-10)21-3;1-19-9-5-7(4-8(12)14-9)11-13-6-16(15-11)3-2-10(17)18/h4-9H,1-3H3;2-6H,1H3,(H,17,18)/b5-4-;3-2-. The molecule has 0 amide bonds. The molecular formula is C25H24Cl2N8O6. The van der Waals surface area contributed by atoms with E-state index in [-0.39, 0.29) is 16.4 Å². The first-order valence-electron chi connectivity index (χ1n) is 11.6. The normalized spacial score (nSPS) is 11.0. The lowest BCUT2D eigenvalue weighted by atomic mass is 10.2. The molecule has 4 heterocycles. The van der Waals surface area contributed by atoms with Gasteiger partial charge in [-0.2, -0.15) is 0 Å². The first kappa shape index (κ1) is 30.7. The number of carboxylic acids is 1. The Morgan fingerprint density at radius 2 is 1.29 bits per heavy atom. The Kier molecular flexibility index (Phi) is 10.9. The van der Waals surface area contributed by atoms with Crippen LogP contribution in [0.5, 0.6) is 11.8 Å². The van der Waals surface area contributed by atoms with E-state index >= 15 is 0 Å². The third kappa shape index (κ3) is 9.70. The molecule has 0 aliphatic heterocycles. The zero-order valence-electron chi connectivity index (χ0n) is 22.2. The predicted molar refractivity (Wildman–Crippen MR) is 149 cm³/mol. The zero-order chi connectivity index (χ0) is 29.9. The van der Waals surface area contributed by atoms with Crippen molar-refractivity contribution in [2.75, 3.05) is 14.2 Å². The average molecular weight is 603 g/mol. The van der Waals surface area contributed by atoms with Crippen molar-refractivity contribution in [1.29, 1.82) is 0 Å². The van der Waals surface area contributed by atoms with Crippen molar-refractivity contribution >= 4 is 47.5 Å². The minimum atomic E-state index is -1.06. The molecule has 0 unspecified atom stereocenters. The van der Waals surface area contributed by atoms with Crippen molar-refractivity contribution in [3.8, 4) is 34.5 Å². The maximum absolute atomic E-state index is 11.4. The number of esters is 1. The Morgan fingerprint density at radius 3 is 1.71 bits per heavy atom. The number of nitrogens with zero attached hydrogens (tertiary/aromatic N) is 8. The van der Waals surface area contributed by atoms with Crippen LogP contribution < -0.4 is 9.47 Å². The summed E-state index contributed by atoms with van der Waals surface area (Å²) >= 11 is 11.8. The topological polar surface area (TPSA) is 169 Å². The largest absolute Gasteiger partial charge is 0.481 e. The minimum Gasteiger partial charge on any atom is -0.481 e. The van der Waals surface area contributed by atoms with Gasteiger partial charge in [0.15, 0.2) is 11.6 Å². The molecule has 0 aliphatic carbocycles. The molecule has 0 saturated carbocycles. The van der Waals surface area contributed by atoms with E-state index in [2.05, 4.69) is 30.1 Å². The van der Waals surface area contributed by atoms with Gasteiger partial charge in [0.25, 0.3) is 0 Å². The second-order valence-electron chi connectivity index (χ2n) is 7.99. The number of ether oxygens (including phenoxy) is 3. The van der Waals surface area contributed by atoms with Gasteiger partial charge in [0.05, 0.1) is 20.3 Å². The molecule has 214 valence electrons. The van der Waals surface area contributed by atoms with Crippen LogP contribution in [-0.2, 0) is 14.3 Å². The molecule has 0 fully saturated rings. The van der Waals surface area contributed by atoms with Gasteiger partial charge in [0, 0.05) is 47.8 Å². The summed E-state index contributed by atoms with van der Waals surface area (Å²) in [6.45, 7) is 3.56. The van der Waals surface area contributed by atoms with Crippen LogP contribution in [0.25, 0.3) is 35.2 Å². The van der Waals surface area contributed by atoms with E-state index in [1.54, 1.807) is 38.1 Å². The first-order valence-corrected chi connectivity index (χ1v) is 12.4. The molecule has 0 aromatic carbocycles. The van der Waals surface area contributed by atoms with Gasteiger partial charge >= 0.3 is 11.9 Å². The van der Waals surface area contributed by atoms with Crippen LogP contribution in [0, 0.1) is 0 Å². The fourth-order valence-electron chi connectivity index (χ4n) is 2.92. The summed E-state index contributed by atoms with van der Waals surface area (Å²) in [5, 5.41) is 17.3. The second-order valence-corrected chi connectivity index (χ2v) is 8.77. The van der Waals surface area contributed by atoms with Gasteiger partial charge in [0.1, 0.15) is 23.0 Å². The van der Waals surface area contributed by atoms with Gasteiger partial charge in [0.2, 0.25) is 11.8 Å². The molecule has 16 heteroatoms. The summed E-state index contributed by atoms with van der Waals surface area (Å²) in [7, 11) is 2.97. The molecule has 0 atom stereocenters. The van der Waals surface area contributed by atoms with Gasteiger partial charge < -0.3 is 19.3 Å². The van der Waals surface area contributed by atoms with E-state index in [4.69, 9.17) is 42.5 Å². The lowest BCUT2D eigenvalue weighted by Crippen LogP contribution is -2.08. The summed E-state index contributed by atoms with van der Waals surface area (Å²) in [5.74, 6) is 0.0308. The fraction of sp³-hybridized carbons (Fsp3) is 0.200. The van der Waals surface area contributed by atoms with Crippen molar-refractivity contribution in [1.82, 2.24) is 39.5 Å². The highest BCUT2D eigenvalue weighted by molar-refractivity contribution is 6.30. The molecule has 0 bridgehead atoms. The van der Waals surface area contributed by atoms with Crippen LogP contribution >= 0.6 is 23.2 Å². The number of pyridine rings is 2. The SMILES string of the molecule is COc1cc(-c2ncn(/C=C\C(=O)O)n2)cc(Cl)n1.COc1cc(-c2ncn(/C=C\C(=O)OC(C)C)n2)cc(Cl)n1. The molecule has 0 saturated heterocycles. The number of aliphatic carboxylic acids is 1. The summed E-state index contributed by atoms with van der Waals surface area (Å²) in [6.07, 6.45) is 7.65. The highest BCUT2D eigenvalue weighted by Crippen LogP contribution is 2.24. The van der Waals surface area contributed by atoms with E-state index in [9.17, 15) is 9.59 Å². The van der Waals surface area contributed by atoms with Crippen molar-refractivity contribution in [3.05, 3.63) is 59.4 Å². The van der Waals surface area contributed by atoms with Gasteiger partial charge in [-0.3, -0.25) is 0 Å². The summed E-state index contributed by atoms with van der Waals surface area (Å²) in [6, 6.07) is 6.51. The highest BCUT2D eigenvalue weighted by atomic mass is 35.5. The number of hydrogen-bond acceptors (Lipinski definition) is 11. The van der Waals surface area contributed by atoms with Crippen molar-refractivity contribution in [2.45, 2.75) is 20.0 Å². The Balaban J connectivity index is 0.000000228. The lowest BCUT2D eigenvalue weighted by molar-refractivity contribution is -0.141.